The Hall–Kier alpha value is -4.19. The largest absolute Gasteiger partial charge is 0.462 e. The minimum Gasteiger partial charge on any atom is -0.462 e. The summed E-state index contributed by atoms with van der Waals surface area (Å²) in [6.45, 7) is 6.40. The highest BCUT2D eigenvalue weighted by atomic mass is 16.6. The number of unbranched alkanes of at least 4 members (excludes halogenated alkanes) is 25. The maximum atomic E-state index is 12.9. The lowest BCUT2D eigenvalue weighted by Gasteiger charge is -2.18. The van der Waals surface area contributed by atoms with Crippen molar-refractivity contribution in [2.45, 2.75) is 290 Å². The summed E-state index contributed by atoms with van der Waals surface area (Å²) in [6, 6.07) is 0. The monoisotopic (exact) mass is 1050 g/mol. The average molecular weight is 1050 g/mol. The van der Waals surface area contributed by atoms with Crippen molar-refractivity contribution in [2.24, 2.45) is 0 Å². The van der Waals surface area contributed by atoms with Crippen molar-refractivity contribution in [1.29, 1.82) is 0 Å². The zero-order valence-corrected chi connectivity index (χ0v) is 49.5. The molecular weight excluding hydrogens is 937 g/mol. The summed E-state index contributed by atoms with van der Waals surface area (Å²) in [5.41, 5.74) is 0. The summed E-state index contributed by atoms with van der Waals surface area (Å²) in [5.74, 6) is -0.915. The minimum atomic E-state index is -0.796. The lowest BCUT2D eigenvalue weighted by molar-refractivity contribution is -0.167. The number of hydrogen-bond donors (Lipinski definition) is 0. The number of hydrogen-bond acceptors (Lipinski definition) is 6. The van der Waals surface area contributed by atoms with Gasteiger partial charge in [0, 0.05) is 19.3 Å². The molecule has 0 saturated heterocycles. The molecule has 0 aliphatic heterocycles. The van der Waals surface area contributed by atoms with Crippen LogP contribution in [0.4, 0.5) is 0 Å². The molecule has 0 aromatic heterocycles. The van der Waals surface area contributed by atoms with Gasteiger partial charge in [-0.25, -0.2) is 0 Å². The Morgan fingerprint density at radius 2 is 0.513 bits per heavy atom. The highest BCUT2D eigenvalue weighted by Crippen LogP contribution is 2.16. The highest BCUT2D eigenvalue weighted by Gasteiger charge is 2.19. The van der Waals surface area contributed by atoms with Crippen molar-refractivity contribution in [2.75, 3.05) is 13.2 Å². The van der Waals surface area contributed by atoms with E-state index in [4.69, 9.17) is 14.2 Å². The molecule has 0 aliphatic rings. The van der Waals surface area contributed by atoms with Crippen LogP contribution in [0.2, 0.25) is 0 Å². The van der Waals surface area contributed by atoms with Crippen LogP contribution in [0.5, 0.6) is 0 Å². The molecule has 0 radical (unpaired) electrons. The quantitative estimate of drug-likeness (QED) is 0.0261. The molecule has 432 valence electrons. The fourth-order valence-electron chi connectivity index (χ4n) is 8.56. The molecule has 0 bridgehead atoms. The SMILES string of the molecule is CC/C=C\C/C=C\C/C=C\C/C=C\C/C=C\CCCCCCCCCC(=O)OCC(COC(=O)CCCCCCCCCCCCCCCC)OC(=O)CCCCCCC/C=C\C/C=C\C/C=C\C/C=C\C/C=C\CC. The first-order chi connectivity index (χ1) is 37.5. The van der Waals surface area contributed by atoms with E-state index >= 15 is 0 Å². The van der Waals surface area contributed by atoms with Crippen molar-refractivity contribution in [3.63, 3.8) is 0 Å². The van der Waals surface area contributed by atoms with Crippen LogP contribution in [0.1, 0.15) is 284 Å². The number of carbonyl (C=O) groups is 3. The van der Waals surface area contributed by atoms with Gasteiger partial charge in [0.05, 0.1) is 0 Å². The van der Waals surface area contributed by atoms with E-state index in [1.807, 2.05) is 0 Å². The van der Waals surface area contributed by atoms with E-state index in [1.54, 1.807) is 0 Å². The molecule has 6 heteroatoms. The smallest absolute Gasteiger partial charge is 0.306 e. The Bertz CT molecular complexity index is 1590. The lowest BCUT2D eigenvalue weighted by atomic mass is 10.0. The predicted molar refractivity (Wildman–Crippen MR) is 330 cm³/mol. The summed E-state index contributed by atoms with van der Waals surface area (Å²) in [6.07, 6.45) is 87.6. The molecule has 6 nitrogen and oxygen atoms in total. The summed E-state index contributed by atoms with van der Waals surface area (Å²) in [5, 5.41) is 0. The van der Waals surface area contributed by atoms with E-state index in [-0.39, 0.29) is 31.1 Å². The molecule has 0 fully saturated rings. The van der Waals surface area contributed by atoms with Gasteiger partial charge >= 0.3 is 17.9 Å². The number of carbonyl (C=O) groups excluding carboxylic acids is 3. The lowest BCUT2D eigenvalue weighted by Crippen LogP contribution is -2.30. The van der Waals surface area contributed by atoms with Gasteiger partial charge in [0.25, 0.3) is 0 Å². The second-order valence-electron chi connectivity index (χ2n) is 20.6. The summed E-state index contributed by atoms with van der Waals surface area (Å²) < 4.78 is 16.9. The molecule has 0 aromatic rings. The normalized spacial score (nSPS) is 12.9. The summed E-state index contributed by atoms with van der Waals surface area (Å²) in [7, 11) is 0. The van der Waals surface area contributed by atoms with Crippen LogP contribution in [0.15, 0.2) is 122 Å². The van der Waals surface area contributed by atoms with E-state index in [0.29, 0.717) is 19.3 Å². The van der Waals surface area contributed by atoms with Crippen molar-refractivity contribution >= 4 is 17.9 Å². The third-order valence-electron chi connectivity index (χ3n) is 13.2. The summed E-state index contributed by atoms with van der Waals surface area (Å²) >= 11 is 0. The second kappa shape index (κ2) is 63.3. The van der Waals surface area contributed by atoms with Gasteiger partial charge in [-0.2, -0.15) is 0 Å². The molecule has 0 spiro atoms. The van der Waals surface area contributed by atoms with Crippen molar-refractivity contribution in [3.05, 3.63) is 122 Å². The molecule has 0 amide bonds. The maximum absolute atomic E-state index is 12.9. The van der Waals surface area contributed by atoms with Gasteiger partial charge in [-0.15, -0.1) is 0 Å². The van der Waals surface area contributed by atoms with E-state index in [9.17, 15) is 14.4 Å². The van der Waals surface area contributed by atoms with Crippen molar-refractivity contribution in [1.82, 2.24) is 0 Å². The first-order valence-corrected chi connectivity index (χ1v) is 31.5. The summed E-state index contributed by atoms with van der Waals surface area (Å²) in [4.78, 5) is 38.3. The third kappa shape index (κ3) is 60.7. The Morgan fingerprint density at radius 3 is 0.803 bits per heavy atom. The fraction of sp³-hybridized carbons (Fsp3) is 0.671. The molecule has 0 heterocycles. The van der Waals surface area contributed by atoms with Gasteiger partial charge in [-0.05, 0) is 109 Å². The Kier molecular flexibility index (Phi) is 59.9. The first-order valence-electron chi connectivity index (χ1n) is 31.5. The predicted octanol–water partition coefficient (Wildman–Crippen LogP) is 21.6. The number of rotatable bonds is 56. The Morgan fingerprint density at radius 1 is 0.276 bits per heavy atom. The van der Waals surface area contributed by atoms with Crippen LogP contribution in [0, 0.1) is 0 Å². The molecule has 1 atom stereocenters. The van der Waals surface area contributed by atoms with Gasteiger partial charge in [-0.3, -0.25) is 14.4 Å². The molecule has 0 aliphatic carbocycles. The van der Waals surface area contributed by atoms with Crippen molar-refractivity contribution in [3.8, 4) is 0 Å². The van der Waals surface area contributed by atoms with Gasteiger partial charge in [0.15, 0.2) is 6.10 Å². The number of esters is 3. The zero-order chi connectivity index (χ0) is 55.0. The highest BCUT2D eigenvalue weighted by molar-refractivity contribution is 5.71. The molecule has 0 N–H and O–H groups in total. The first kappa shape index (κ1) is 71.8. The van der Waals surface area contributed by atoms with Crippen LogP contribution in [0.25, 0.3) is 0 Å². The molecule has 0 saturated carbocycles. The zero-order valence-electron chi connectivity index (χ0n) is 49.5. The van der Waals surface area contributed by atoms with Crippen LogP contribution >= 0.6 is 0 Å². The maximum Gasteiger partial charge on any atom is 0.306 e. The number of ether oxygens (including phenoxy) is 3. The van der Waals surface area contributed by atoms with Crippen LogP contribution in [-0.2, 0) is 28.6 Å². The topological polar surface area (TPSA) is 78.9 Å². The van der Waals surface area contributed by atoms with Crippen LogP contribution in [-0.4, -0.2) is 37.2 Å². The van der Waals surface area contributed by atoms with E-state index < -0.39 is 6.10 Å². The van der Waals surface area contributed by atoms with Crippen LogP contribution < -0.4 is 0 Å². The molecule has 0 rings (SSSR count). The van der Waals surface area contributed by atoms with Gasteiger partial charge in [0.2, 0.25) is 0 Å². The van der Waals surface area contributed by atoms with E-state index in [1.165, 1.54) is 96.3 Å². The standard InChI is InChI=1S/C70H116O6/c1-4-7-10-13-16-19-22-25-28-30-32-34-35-37-38-40-42-45-48-51-54-57-60-63-69(72)75-66-67(65-74-68(71)62-59-56-53-50-47-44-27-24-21-18-15-12-9-6-3)76-70(73)64-61-58-55-52-49-46-43-41-39-36-33-31-29-26-23-20-17-14-11-8-5-2/h7-8,10-11,16-17,19-20,25-26,28-29,32-34,36-38,41,43,67H,4-6,9,12-15,18,21-24,27,30-31,35,39-40,42,44-66H2,1-3H3/b10-7-,11-8-,19-16-,20-17-,28-25-,29-26-,34-32-,36-33-,38-37-,43-41-. The van der Waals surface area contributed by atoms with Crippen molar-refractivity contribution < 1.29 is 28.6 Å². The average Bonchev–Trinajstić information content (AvgIpc) is 3.42. The van der Waals surface area contributed by atoms with Crippen LogP contribution in [0.3, 0.4) is 0 Å². The molecule has 0 aromatic carbocycles. The minimum absolute atomic E-state index is 0.0899. The molecule has 1 unspecified atom stereocenters. The number of allylic oxidation sites excluding steroid dienone is 20. The Labute approximate surface area is 469 Å². The Balaban J connectivity index is 4.43. The van der Waals surface area contributed by atoms with Gasteiger partial charge < -0.3 is 14.2 Å². The van der Waals surface area contributed by atoms with E-state index in [0.717, 1.165) is 148 Å². The fourth-order valence-corrected chi connectivity index (χ4v) is 8.56. The second-order valence-corrected chi connectivity index (χ2v) is 20.6. The molecular formula is C70H116O6. The van der Waals surface area contributed by atoms with Gasteiger partial charge in [-0.1, -0.05) is 277 Å². The van der Waals surface area contributed by atoms with E-state index in [2.05, 4.69) is 142 Å². The van der Waals surface area contributed by atoms with Gasteiger partial charge in [0.1, 0.15) is 13.2 Å². The molecule has 76 heavy (non-hydrogen) atoms. The third-order valence-corrected chi connectivity index (χ3v) is 13.2.